The van der Waals surface area contributed by atoms with Crippen molar-refractivity contribution in [3.8, 4) is 0 Å². The fourth-order valence-corrected chi connectivity index (χ4v) is 5.61. The van der Waals surface area contributed by atoms with E-state index in [1.165, 1.54) is 16.7 Å². The molecule has 49 heavy (non-hydrogen) atoms. The highest BCUT2D eigenvalue weighted by Crippen LogP contribution is 2.39. The topological polar surface area (TPSA) is 59.1 Å². The number of carbonyl (C=O) groups excluding carboxylic acids is 2. The maximum absolute atomic E-state index is 11.6. The van der Waals surface area contributed by atoms with Crippen molar-refractivity contribution in [2.24, 2.45) is 0 Å². The summed E-state index contributed by atoms with van der Waals surface area (Å²) in [7, 11) is 0. The van der Waals surface area contributed by atoms with Gasteiger partial charge >= 0.3 is 11.9 Å². The first kappa shape index (κ1) is 35.0. The van der Waals surface area contributed by atoms with Gasteiger partial charge in [0.2, 0.25) is 0 Å². The number of hydrogen-bond acceptors (Lipinski definition) is 6. The van der Waals surface area contributed by atoms with Gasteiger partial charge in [0.1, 0.15) is 0 Å². The number of benzene rings is 5. The first-order valence-electron chi connectivity index (χ1n) is 17.2. The molecule has 0 heterocycles. The van der Waals surface area contributed by atoms with Crippen LogP contribution in [0, 0.1) is 13.8 Å². The molecule has 0 aromatic heterocycles. The van der Waals surface area contributed by atoms with Crippen LogP contribution in [0.25, 0.3) is 0 Å². The second-order valence-corrected chi connectivity index (χ2v) is 12.2. The van der Waals surface area contributed by atoms with Gasteiger partial charge in [-0.2, -0.15) is 0 Å². The molecular weight excluding hydrogens is 608 g/mol. The van der Waals surface area contributed by atoms with E-state index < -0.39 is 0 Å². The molecule has 0 saturated carbocycles. The highest BCUT2D eigenvalue weighted by Gasteiger charge is 2.16. The van der Waals surface area contributed by atoms with Crippen molar-refractivity contribution in [2.75, 3.05) is 23.0 Å². The second kappa shape index (κ2) is 17.2. The Hall–Kier alpha value is -5.36. The zero-order valence-electron chi connectivity index (χ0n) is 29.0. The maximum atomic E-state index is 11.6. The average Bonchev–Trinajstić information content (AvgIpc) is 3.13. The quantitative estimate of drug-likeness (QED) is 0.0827. The van der Waals surface area contributed by atoms with Crippen LogP contribution < -0.4 is 9.80 Å². The lowest BCUT2D eigenvalue weighted by molar-refractivity contribution is -0.144. The van der Waals surface area contributed by atoms with Gasteiger partial charge in [-0.05, 0) is 111 Å². The third-order valence-corrected chi connectivity index (χ3v) is 8.44. The summed E-state index contributed by atoms with van der Waals surface area (Å²) in [5, 5.41) is 0. The van der Waals surface area contributed by atoms with E-state index in [4.69, 9.17) is 9.47 Å². The molecule has 0 atom stereocenters. The molecule has 0 saturated heterocycles. The first-order chi connectivity index (χ1) is 23.8. The number of ether oxygens (including phenoxy) is 2. The SMILES string of the molecule is CCC(=O)OCCCc1ccc(N(c2ccc(C)cc2)c2ccc(N(c3ccc(C)cc3)c3ccc(CCOC(=O)CC)cc3)cc2)cc1. The summed E-state index contributed by atoms with van der Waals surface area (Å²) in [6, 6.07) is 42.9. The number of anilines is 6. The molecule has 5 aromatic rings. The van der Waals surface area contributed by atoms with Gasteiger partial charge < -0.3 is 19.3 Å². The molecule has 0 aliphatic heterocycles. The van der Waals surface area contributed by atoms with Gasteiger partial charge in [-0.3, -0.25) is 9.59 Å². The zero-order chi connectivity index (χ0) is 34.6. The Bertz CT molecular complexity index is 1780. The van der Waals surface area contributed by atoms with E-state index in [9.17, 15) is 9.59 Å². The summed E-state index contributed by atoms with van der Waals surface area (Å²) in [5.41, 5.74) is 11.1. The van der Waals surface area contributed by atoms with E-state index in [0.29, 0.717) is 32.5 Å². The van der Waals surface area contributed by atoms with Gasteiger partial charge in [-0.15, -0.1) is 0 Å². The molecule has 0 fully saturated rings. The summed E-state index contributed by atoms with van der Waals surface area (Å²) in [5.74, 6) is -0.328. The van der Waals surface area contributed by atoms with Crippen LogP contribution in [0.2, 0.25) is 0 Å². The Labute approximate surface area is 290 Å². The van der Waals surface area contributed by atoms with Crippen molar-refractivity contribution in [2.45, 2.75) is 59.8 Å². The summed E-state index contributed by atoms with van der Waals surface area (Å²) >= 11 is 0. The molecule has 6 heteroatoms. The van der Waals surface area contributed by atoms with Gasteiger partial charge in [0.15, 0.2) is 0 Å². The fourth-order valence-electron chi connectivity index (χ4n) is 5.61. The Balaban J connectivity index is 1.41. The van der Waals surface area contributed by atoms with Crippen molar-refractivity contribution < 1.29 is 19.1 Å². The van der Waals surface area contributed by atoms with Crippen LogP contribution in [0.5, 0.6) is 0 Å². The minimum Gasteiger partial charge on any atom is -0.466 e. The van der Waals surface area contributed by atoms with Crippen molar-refractivity contribution in [1.29, 1.82) is 0 Å². The molecular formula is C43H46N2O4. The molecule has 5 aromatic carbocycles. The summed E-state index contributed by atoms with van der Waals surface area (Å²) in [6.07, 6.45) is 3.11. The average molecular weight is 655 g/mol. The van der Waals surface area contributed by atoms with Gasteiger partial charge in [-0.25, -0.2) is 0 Å². The van der Waals surface area contributed by atoms with Crippen molar-refractivity contribution >= 4 is 46.1 Å². The lowest BCUT2D eigenvalue weighted by atomic mass is 10.1. The van der Waals surface area contributed by atoms with Crippen LogP contribution in [-0.2, 0) is 31.9 Å². The van der Waals surface area contributed by atoms with Gasteiger partial charge in [0, 0.05) is 53.4 Å². The van der Waals surface area contributed by atoms with Crippen LogP contribution in [-0.4, -0.2) is 25.2 Å². The first-order valence-corrected chi connectivity index (χ1v) is 17.2. The van der Waals surface area contributed by atoms with E-state index >= 15 is 0 Å². The predicted octanol–water partition coefficient (Wildman–Crippen LogP) is 10.6. The Morgan fingerprint density at radius 2 is 0.755 bits per heavy atom. The smallest absolute Gasteiger partial charge is 0.305 e. The number of carbonyl (C=O) groups is 2. The second-order valence-electron chi connectivity index (χ2n) is 12.2. The fraction of sp³-hybridized carbons (Fsp3) is 0.256. The molecule has 5 rings (SSSR count). The van der Waals surface area contributed by atoms with Crippen LogP contribution in [0.4, 0.5) is 34.1 Å². The van der Waals surface area contributed by atoms with Crippen molar-refractivity contribution in [3.63, 3.8) is 0 Å². The molecule has 0 amide bonds. The summed E-state index contributed by atoms with van der Waals surface area (Å²) in [6.45, 7) is 8.63. The third-order valence-electron chi connectivity index (χ3n) is 8.44. The number of rotatable bonds is 15. The molecule has 0 N–H and O–H groups in total. The molecule has 6 nitrogen and oxygen atoms in total. The standard InChI is InChI=1S/C43H46N2O4/c1-5-42(46)48-30-7-8-34-13-21-38(22-14-34)44(36-17-9-32(3)10-18-36)40-25-27-41(28-26-40)45(37-19-11-33(4)12-20-37)39-23-15-35(16-24-39)29-31-49-43(47)6-2/h9-28H,5-8,29-31H2,1-4H3. The van der Waals surface area contributed by atoms with Gasteiger partial charge in [0.05, 0.1) is 13.2 Å². The number of aryl methyl sites for hydroxylation is 3. The Morgan fingerprint density at radius 3 is 1.12 bits per heavy atom. The minimum absolute atomic E-state index is 0.154. The largest absolute Gasteiger partial charge is 0.466 e. The molecule has 0 aliphatic carbocycles. The van der Waals surface area contributed by atoms with E-state index in [1.807, 2.05) is 6.92 Å². The Kier molecular flexibility index (Phi) is 12.2. The lowest BCUT2D eigenvalue weighted by Crippen LogP contribution is -2.12. The number of esters is 2. The highest BCUT2D eigenvalue weighted by atomic mass is 16.5. The van der Waals surface area contributed by atoms with Crippen LogP contribution in [0.3, 0.4) is 0 Å². The predicted molar refractivity (Wildman–Crippen MR) is 200 cm³/mol. The molecule has 0 aliphatic rings. The van der Waals surface area contributed by atoms with E-state index in [1.54, 1.807) is 6.92 Å². The third kappa shape index (κ3) is 9.60. The molecule has 0 spiro atoms. The van der Waals surface area contributed by atoms with Crippen LogP contribution in [0.15, 0.2) is 121 Å². The maximum Gasteiger partial charge on any atom is 0.305 e. The summed E-state index contributed by atoms with van der Waals surface area (Å²) in [4.78, 5) is 27.6. The molecule has 0 unspecified atom stereocenters. The van der Waals surface area contributed by atoms with Crippen LogP contribution >= 0.6 is 0 Å². The zero-order valence-corrected chi connectivity index (χ0v) is 29.0. The molecule has 252 valence electrons. The number of nitrogens with zero attached hydrogens (tertiary/aromatic N) is 2. The number of hydrogen-bond donors (Lipinski definition) is 0. The van der Waals surface area contributed by atoms with Crippen molar-refractivity contribution in [3.05, 3.63) is 144 Å². The van der Waals surface area contributed by atoms with Gasteiger partial charge in [0.25, 0.3) is 0 Å². The van der Waals surface area contributed by atoms with Crippen LogP contribution in [0.1, 0.15) is 55.4 Å². The minimum atomic E-state index is -0.174. The lowest BCUT2D eigenvalue weighted by Gasteiger charge is -2.28. The Morgan fingerprint density at radius 1 is 0.449 bits per heavy atom. The highest BCUT2D eigenvalue weighted by molar-refractivity contribution is 5.81. The van der Waals surface area contributed by atoms with E-state index in [0.717, 1.165) is 52.5 Å². The van der Waals surface area contributed by atoms with E-state index in [2.05, 4.69) is 145 Å². The summed E-state index contributed by atoms with van der Waals surface area (Å²) < 4.78 is 10.5. The van der Waals surface area contributed by atoms with Crippen molar-refractivity contribution in [1.82, 2.24) is 0 Å². The normalized spacial score (nSPS) is 10.8. The monoisotopic (exact) mass is 654 g/mol. The molecule has 0 bridgehead atoms. The van der Waals surface area contributed by atoms with E-state index in [-0.39, 0.29) is 11.9 Å². The molecule has 0 radical (unpaired) electrons. The van der Waals surface area contributed by atoms with Gasteiger partial charge in [-0.1, -0.05) is 73.5 Å².